The lowest BCUT2D eigenvalue weighted by atomic mass is 9.97. The molecule has 1 aliphatic rings. The maximum atomic E-state index is 11.4. The van der Waals surface area contributed by atoms with Crippen molar-refractivity contribution < 1.29 is 4.79 Å². The minimum Gasteiger partial charge on any atom is -0.341 e. The van der Waals surface area contributed by atoms with Crippen LogP contribution < -0.4 is 5.73 Å². The Balaban J connectivity index is 2.39. The lowest BCUT2D eigenvalue weighted by Crippen LogP contribution is -2.45. The van der Waals surface area contributed by atoms with E-state index in [2.05, 4.69) is 19.0 Å². The molecule has 1 fully saturated rings. The molecule has 4 heteroatoms. The molecule has 0 saturated carbocycles. The number of nitrogens with two attached hydrogens (primary N) is 1. The van der Waals surface area contributed by atoms with Gasteiger partial charge in [-0.1, -0.05) is 0 Å². The highest BCUT2D eigenvalue weighted by molar-refractivity contribution is 5.78. The standard InChI is InChI=1S/C10H21N3O/c1-12(2)7-9-4-3-5-13(8-9)10(14)6-11/h9H,3-8,11H2,1-2H3/t9-/m1/s1. The lowest BCUT2D eigenvalue weighted by molar-refractivity contribution is -0.131. The first-order valence-corrected chi connectivity index (χ1v) is 5.26. The molecule has 1 atom stereocenters. The zero-order valence-electron chi connectivity index (χ0n) is 9.20. The molecule has 1 amide bonds. The highest BCUT2D eigenvalue weighted by atomic mass is 16.2. The van der Waals surface area contributed by atoms with Gasteiger partial charge in [-0.15, -0.1) is 0 Å². The Morgan fingerprint density at radius 2 is 2.29 bits per heavy atom. The number of hydrogen-bond donors (Lipinski definition) is 1. The van der Waals surface area contributed by atoms with Crippen molar-refractivity contribution in [1.29, 1.82) is 0 Å². The molecule has 1 heterocycles. The van der Waals surface area contributed by atoms with Gasteiger partial charge in [-0.25, -0.2) is 0 Å². The van der Waals surface area contributed by atoms with Gasteiger partial charge in [0.25, 0.3) is 0 Å². The fourth-order valence-electron chi connectivity index (χ4n) is 2.09. The Morgan fingerprint density at radius 3 is 2.86 bits per heavy atom. The topological polar surface area (TPSA) is 49.6 Å². The zero-order valence-corrected chi connectivity index (χ0v) is 9.20. The Labute approximate surface area is 86.0 Å². The second-order valence-electron chi connectivity index (χ2n) is 4.31. The predicted molar refractivity (Wildman–Crippen MR) is 56.9 cm³/mol. The molecule has 1 aliphatic heterocycles. The molecule has 0 radical (unpaired) electrons. The van der Waals surface area contributed by atoms with Gasteiger partial charge < -0.3 is 15.5 Å². The Hall–Kier alpha value is -0.610. The molecule has 4 nitrogen and oxygen atoms in total. The summed E-state index contributed by atoms with van der Waals surface area (Å²) in [5.41, 5.74) is 5.35. The van der Waals surface area contributed by atoms with Gasteiger partial charge in [0.2, 0.25) is 5.91 Å². The van der Waals surface area contributed by atoms with Crippen molar-refractivity contribution in [3.63, 3.8) is 0 Å². The van der Waals surface area contributed by atoms with Crippen LogP contribution in [0.5, 0.6) is 0 Å². The Kier molecular flexibility index (Phi) is 4.35. The van der Waals surface area contributed by atoms with E-state index in [-0.39, 0.29) is 12.5 Å². The molecule has 1 rings (SSSR count). The van der Waals surface area contributed by atoms with E-state index in [1.807, 2.05) is 4.90 Å². The molecule has 0 bridgehead atoms. The summed E-state index contributed by atoms with van der Waals surface area (Å²) in [5.74, 6) is 0.711. The number of hydrogen-bond acceptors (Lipinski definition) is 3. The largest absolute Gasteiger partial charge is 0.341 e. The summed E-state index contributed by atoms with van der Waals surface area (Å²) < 4.78 is 0. The lowest BCUT2D eigenvalue weighted by Gasteiger charge is -2.33. The van der Waals surface area contributed by atoms with Gasteiger partial charge in [-0.2, -0.15) is 0 Å². The number of carbonyl (C=O) groups is 1. The van der Waals surface area contributed by atoms with Crippen LogP contribution in [0.15, 0.2) is 0 Å². The van der Waals surface area contributed by atoms with Crippen molar-refractivity contribution in [2.75, 3.05) is 40.3 Å². The first-order chi connectivity index (χ1) is 6.63. The van der Waals surface area contributed by atoms with E-state index in [0.29, 0.717) is 5.92 Å². The van der Waals surface area contributed by atoms with Crippen molar-refractivity contribution in [3.8, 4) is 0 Å². The molecule has 0 aromatic carbocycles. The molecule has 14 heavy (non-hydrogen) atoms. The highest BCUT2D eigenvalue weighted by Gasteiger charge is 2.22. The molecular weight excluding hydrogens is 178 g/mol. The highest BCUT2D eigenvalue weighted by Crippen LogP contribution is 2.16. The second-order valence-corrected chi connectivity index (χ2v) is 4.31. The van der Waals surface area contributed by atoms with E-state index in [4.69, 9.17) is 5.73 Å². The van der Waals surface area contributed by atoms with E-state index in [9.17, 15) is 4.79 Å². The minimum absolute atomic E-state index is 0.0912. The minimum atomic E-state index is 0.0912. The van der Waals surface area contributed by atoms with Gasteiger partial charge in [0, 0.05) is 19.6 Å². The van der Waals surface area contributed by atoms with Crippen LogP contribution in [0, 0.1) is 5.92 Å². The number of amides is 1. The van der Waals surface area contributed by atoms with Crippen LogP contribution in [0.1, 0.15) is 12.8 Å². The first kappa shape index (κ1) is 11.5. The van der Waals surface area contributed by atoms with E-state index < -0.39 is 0 Å². The fraction of sp³-hybridized carbons (Fsp3) is 0.900. The summed E-state index contributed by atoms with van der Waals surface area (Å²) in [5, 5.41) is 0. The van der Waals surface area contributed by atoms with Gasteiger partial charge in [-0.3, -0.25) is 4.79 Å². The number of likely N-dealkylation sites (tertiary alicyclic amines) is 1. The van der Waals surface area contributed by atoms with Crippen LogP contribution in [-0.2, 0) is 4.79 Å². The molecule has 0 aliphatic carbocycles. The SMILES string of the molecule is CN(C)C[C@H]1CCCN(C(=O)CN)C1. The van der Waals surface area contributed by atoms with Crippen molar-refractivity contribution in [1.82, 2.24) is 9.80 Å². The van der Waals surface area contributed by atoms with E-state index >= 15 is 0 Å². The third-order valence-corrected chi connectivity index (χ3v) is 2.67. The third kappa shape index (κ3) is 3.27. The van der Waals surface area contributed by atoms with Crippen molar-refractivity contribution >= 4 is 5.91 Å². The second kappa shape index (κ2) is 5.32. The molecule has 0 aromatic heterocycles. The molecule has 0 aromatic rings. The number of rotatable bonds is 3. The van der Waals surface area contributed by atoms with E-state index in [1.54, 1.807) is 0 Å². The number of piperidine rings is 1. The molecule has 0 unspecified atom stereocenters. The van der Waals surface area contributed by atoms with Crippen molar-refractivity contribution in [3.05, 3.63) is 0 Å². The summed E-state index contributed by atoms with van der Waals surface area (Å²) in [4.78, 5) is 15.5. The Morgan fingerprint density at radius 1 is 1.57 bits per heavy atom. The van der Waals surface area contributed by atoms with Gasteiger partial charge in [-0.05, 0) is 32.9 Å². The maximum Gasteiger partial charge on any atom is 0.236 e. The van der Waals surface area contributed by atoms with E-state index in [1.165, 1.54) is 6.42 Å². The normalized spacial score (nSPS) is 22.9. The molecule has 0 spiro atoms. The average Bonchev–Trinajstić information content (AvgIpc) is 2.16. The van der Waals surface area contributed by atoms with Gasteiger partial charge in [0.1, 0.15) is 0 Å². The summed E-state index contributed by atoms with van der Waals surface area (Å²) in [6, 6.07) is 0. The summed E-state index contributed by atoms with van der Waals surface area (Å²) in [7, 11) is 4.15. The van der Waals surface area contributed by atoms with Gasteiger partial charge in [0.15, 0.2) is 0 Å². The summed E-state index contributed by atoms with van der Waals surface area (Å²) >= 11 is 0. The van der Waals surface area contributed by atoms with Crippen LogP contribution in [0.4, 0.5) is 0 Å². The predicted octanol–water partition coefficient (Wildman–Crippen LogP) is -0.255. The Bertz CT molecular complexity index is 194. The molecule has 2 N–H and O–H groups in total. The van der Waals surface area contributed by atoms with Crippen LogP contribution in [0.2, 0.25) is 0 Å². The first-order valence-electron chi connectivity index (χ1n) is 5.26. The van der Waals surface area contributed by atoms with Crippen LogP contribution >= 0.6 is 0 Å². The average molecular weight is 199 g/mol. The van der Waals surface area contributed by atoms with Crippen molar-refractivity contribution in [2.45, 2.75) is 12.8 Å². The van der Waals surface area contributed by atoms with Crippen LogP contribution in [0.25, 0.3) is 0 Å². The maximum absolute atomic E-state index is 11.4. The summed E-state index contributed by atoms with van der Waals surface area (Å²) in [6.07, 6.45) is 2.34. The van der Waals surface area contributed by atoms with Gasteiger partial charge >= 0.3 is 0 Å². The molecule has 82 valence electrons. The van der Waals surface area contributed by atoms with Crippen LogP contribution in [0.3, 0.4) is 0 Å². The van der Waals surface area contributed by atoms with E-state index in [0.717, 1.165) is 26.1 Å². The molecule has 1 saturated heterocycles. The third-order valence-electron chi connectivity index (χ3n) is 2.67. The smallest absolute Gasteiger partial charge is 0.236 e. The van der Waals surface area contributed by atoms with Gasteiger partial charge in [0.05, 0.1) is 6.54 Å². The zero-order chi connectivity index (χ0) is 10.6. The molecular formula is C10H21N3O. The van der Waals surface area contributed by atoms with Crippen LogP contribution in [-0.4, -0.2) is 56.0 Å². The monoisotopic (exact) mass is 199 g/mol. The number of carbonyl (C=O) groups excluding carboxylic acids is 1. The van der Waals surface area contributed by atoms with Crippen molar-refractivity contribution in [2.24, 2.45) is 11.7 Å². The quantitative estimate of drug-likeness (QED) is 0.681. The summed E-state index contributed by atoms with van der Waals surface area (Å²) in [6.45, 7) is 2.98. The fourth-order valence-corrected chi connectivity index (χ4v) is 2.09. The number of nitrogens with zero attached hydrogens (tertiary/aromatic N) is 2.